The Morgan fingerprint density at radius 3 is 2.67 bits per heavy atom. The largest absolute Gasteiger partial charge is 0.361 e. The number of anilines is 1. The van der Waals surface area contributed by atoms with E-state index in [2.05, 4.69) is 17.2 Å². The minimum atomic E-state index is -1.02. The number of nitrogens with one attached hydrogen (secondary N) is 1. The first kappa shape index (κ1) is 11.2. The fourth-order valence-electron chi connectivity index (χ4n) is 1.11. The Kier molecular flexibility index (Phi) is 3.79. The molecular weight excluding hydrogens is 194 g/mol. The van der Waals surface area contributed by atoms with Crippen LogP contribution in [0.3, 0.4) is 0 Å². The third-order valence-electron chi connectivity index (χ3n) is 1.83. The van der Waals surface area contributed by atoms with Crippen molar-refractivity contribution < 1.29 is 9.59 Å². The summed E-state index contributed by atoms with van der Waals surface area (Å²) in [5, 5.41) is 2.29. The molecule has 5 nitrogen and oxygen atoms in total. The van der Waals surface area contributed by atoms with Gasteiger partial charge >= 0.3 is 11.8 Å². The highest BCUT2D eigenvalue weighted by molar-refractivity contribution is 6.38. The first-order valence-electron chi connectivity index (χ1n) is 4.69. The molecule has 1 rings (SSSR count). The van der Waals surface area contributed by atoms with Gasteiger partial charge in [0.15, 0.2) is 0 Å². The molecule has 3 N–H and O–H groups in total. The molecule has 0 unspecified atom stereocenters. The normalized spacial score (nSPS) is 9.67. The molecule has 0 radical (unpaired) electrons. The summed E-state index contributed by atoms with van der Waals surface area (Å²) < 4.78 is 0. The third-order valence-corrected chi connectivity index (χ3v) is 1.83. The van der Waals surface area contributed by atoms with Crippen molar-refractivity contribution in [2.45, 2.75) is 19.8 Å². The molecule has 0 atom stereocenters. The smallest absolute Gasteiger partial charge is 0.314 e. The van der Waals surface area contributed by atoms with Crippen molar-refractivity contribution in [3.05, 3.63) is 23.9 Å². The second kappa shape index (κ2) is 5.09. The molecule has 0 aliphatic rings. The summed E-state index contributed by atoms with van der Waals surface area (Å²) in [6.07, 6.45) is 3.64. The Bertz CT molecular complexity index is 359. The van der Waals surface area contributed by atoms with E-state index in [1.165, 1.54) is 0 Å². The molecule has 5 heteroatoms. The number of nitrogens with zero attached hydrogens (tertiary/aromatic N) is 1. The highest BCUT2D eigenvalue weighted by atomic mass is 16.2. The van der Waals surface area contributed by atoms with Crippen molar-refractivity contribution in [3.8, 4) is 0 Å². The number of pyridine rings is 1. The number of aryl methyl sites for hydroxylation is 1. The van der Waals surface area contributed by atoms with Crippen molar-refractivity contribution in [3.63, 3.8) is 0 Å². The van der Waals surface area contributed by atoms with Gasteiger partial charge in [-0.15, -0.1) is 0 Å². The van der Waals surface area contributed by atoms with Gasteiger partial charge in [0.2, 0.25) is 0 Å². The molecule has 0 aliphatic heterocycles. The lowest BCUT2D eigenvalue weighted by atomic mass is 10.2. The van der Waals surface area contributed by atoms with E-state index >= 15 is 0 Å². The Hall–Kier alpha value is -1.91. The highest BCUT2D eigenvalue weighted by Crippen LogP contribution is 2.06. The summed E-state index contributed by atoms with van der Waals surface area (Å²) in [6.45, 7) is 2.07. The molecule has 0 spiro atoms. The number of aromatic nitrogens is 1. The number of amides is 2. The predicted octanol–water partition coefficient (Wildman–Crippen LogP) is 0.458. The van der Waals surface area contributed by atoms with Crippen LogP contribution >= 0.6 is 0 Å². The molecule has 1 aromatic heterocycles. The summed E-state index contributed by atoms with van der Waals surface area (Å²) >= 11 is 0. The topological polar surface area (TPSA) is 85.1 Å². The first-order valence-corrected chi connectivity index (χ1v) is 4.69. The molecule has 80 valence electrons. The van der Waals surface area contributed by atoms with Crippen molar-refractivity contribution >= 4 is 17.6 Å². The first-order chi connectivity index (χ1) is 7.13. The van der Waals surface area contributed by atoms with Gasteiger partial charge in [-0.05, 0) is 18.1 Å². The molecule has 0 bridgehead atoms. The molecule has 0 aliphatic carbocycles. The van der Waals surface area contributed by atoms with E-state index in [9.17, 15) is 9.59 Å². The van der Waals surface area contributed by atoms with Gasteiger partial charge in [0.1, 0.15) is 5.82 Å². The number of hydrogen-bond donors (Lipinski definition) is 2. The van der Waals surface area contributed by atoms with Gasteiger partial charge in [-0.3, -0.25) is 9.59 Å². The molecule has 0 aromatic carbocycles. The van der Waals surface area contributed by atoms with Gasteiger partial charge in [0.05, 0.1) is 0 Å². The number of carbonyl (C=O) groups is 2. The van der Waals surface area contributed by atoms with E-state index in [4.69, 9.17) is 5.73 Å². The summed E-state index contributed by atoms with van der Waals surface area (Å²) in [5.74, 6) is -1.54. The second-order valence-electron chi connectivity index (χ2n) is 3.12. The van der Waals surface area contributed by atoms with Crippen LogP contribution in [0, 0.1) is 0 Å². The van der Waals surface area contributed by atoms with E-state index in [-0.39, 0.29) is 0 Å². The zero-order chi connectivity index (χ0) is 11.3. The minimum absolute atomic E-state index is 0.332. The van der Waals surface area contributed by atoms with Crippen LogP contribution in [0.2, 0.25) is 0 Å². The quantitative estimate of drug-likeness (QED) is 0.706. The third kappa shape index (κ3) is 3.38. The summed E-state index contributed by atoms with van der Waals surface area (Å²) in [6, 6.07) is 3.50. The number of carbonyl (C=O) groups excluding carboxylic acids is 2. The zero-order valence-corrected chi connectivity index (χ0v) is 8.49. The maximum Gasteiger partial charge on any atom is 0.314 e. The van der Waals surface area contributed by atoms with Gasteiger partial charge in [-0.2, -0.15) is 0 Å². The van der Waals surface area contributed by atoms with Crippen LogP contribution in [0.15, 0.2) is 18.3 Å². The maximum atomic E-state index is 10.9. The van der Waals surface area contributed by atoms with Crippen LogP contribution < -0.4 is 11.1 Å². The van der Waals surface area contributed by atoms with Crippen LogP contribution in [0.1, 0.15) is 18.9 Å². The van der Waals surface area contributed by atoms with E-state index in [1.807, 2.05) is 6.07 Å². The van der Waals surface area contributed by atoms with E-state index in [0.717, 1.165) is 18.4 Å². The molecular formula is C10H13N3O2. The number of rotatable bonds is 3. The Labute approximate surface area is 87.7 Å². The van der Waals surface area contributed by atoms with Crippen LogP contribution in [0.4, 0.5) is 5.82 Å². The van der Waals surface area contributed by atoms with E-state index < -0.39 is 11.8 Å². The average Bonchev–Trinajstić information content (AvgIpc) is 2.21. The molecule has 0 saturated heterocycles. The van der Waals surface area contributed by atoms with Crippen LogP contribution in [-0.4, -0.2) is 16.8 Å². The van der Waals surface area contributed by atoms with Crippen molar-refractivity contribution in [2.75, 3.05) is 5.32 Å². The summed E-state index contributed by atoms with van der Waals surface area (Å²) in [7, 11) is 0. The van der Waals surface area contributed by atoms with Crippen molar-refractivity contribution in [1.82, 2.24) is 4.98 Å². The van der Waals surface area contributed by atoms with Crippen molar-refractivity contribution in [1.29, 1.82) is 0 Å². The fourth-order valence-corrected chi connectivity index (χ4v) is 1.11. The van der Waals surface area contributed by atoms with Crippen LogP contribution in [0.25, 0.3) is 0 Å². The number of primary amides is 1. The molecule has 15 heavy (non-hydrogen) atoms. The highest BCUT2D eigenvalue weighted by Gasteiger charge is 2.08. The lowest BCUT2D eigenvalue weighted by molar-refractivity contribution is -0.134. The predicted molar refractivity (Wildman–Crippen MR) is 56.1 cm³/mol. The standard InChI is InChI=1S/C10H13N3O2/c1-2-3-7-4-5-8(12-6-7)13-10(15)9(11)14/h4-6H,2-3H2,1H3,(H2,11,14)(H,12,13,15). The van der Waals surface area contributed by atoms with Gasteiger partial charge in [0.25, 0.3) is 0 Å². The summed E-state index contributed by atoms with van der Waals surface area (Å²) in [4.78, 5) is 25.3. The lowest BCUT2D eigenvalue weighted by Gasteiger charge is -2.02. The Balaban J connectivity index is 2.64. The van der Waals surface area contributed by atoms with Crippen LogP contribution in [-0.2, 0) is 16.0 Å². The molecule has 0 saturated carbocycles. The fraction of sp³-hybridized carbons (Fsp3) is 0.300. The maximum absolute atomic E-state index is 10.9. The molecule has 1 aromatic rings. The minimum Gasteiger partial charge on any atom is -0.361 e. The second-order valence-corrected chi connectivity index (χ2v) is 3.12. The van der Waals surface area contributed by atoms with E-state index in [0.29, 0.717) is 5.82 Å². The molecule has 2 amide bonds. The van der Waals surface area contributed by atoms with Crippen LogP contribution in [0.5, 0.6) is 0 Å². The van der Waals surface area contributed by atoms with Gasteiger partial charge < -0.3 is 11.1 Å². The number of nitrogens with two attached hydrogens (primary N) is 1. The zero-order valence-electron chi connectivity index (χ0n) is 8.49. The van der Waals surface area contributed by atoms with Gasteiger partial charge in [-0.25, -0.2) is 4.98 Å². The van der Waals surface area contributed by atoms with Crippen molar-refractivity contribution in [2.24, 2.45) is 5.73 Å². The average molecular weight is 207 g/mol. The summed E-state index contributed by atoms with van der Waals surface area (Å²) in [5.41, 5.74) is 5.87. The molecule has 0 fully saturated rings. The Morgan fingerprint density at radius 2 is 2.20 bits per heavy atom. The van der Waals surface area contributed by atoms with E-state index in [1.54, 1.807) is 12.3 Å². The SMILES string of the molecule is CCCc1ccc(NC(=O)C(N)=O)nc1. The number of hydrogen-bond acceptors (Lipinski definition) is 3. The lowest BCUT2D eigenvalue weighted by Crippen LogP contribution is -2.29. The molecule has 1 heterocycles. The monoisotopic (exact) mass is 207 g/mol. The van der Waals surface area contributed by atoms with Gasteiger partial charge in [-0.1, -0.05) is 19.4 Å². The Morgan fingerprint density at radius 1 is 1.47 bits per heavy atom. The van der Waals surface area contributed by atoms with Gasteiger partial charge in [0, 0.05) is 6.20 Å².